The van der Waals surface area contributed by atoms with Crippen LogP contribution in [0, 0.1) is 0 Å². The van der Waals surface area contributed by atoms with E-state index in [2.05, 4.69) is 25.5 Å². The summed E-state index contributed by atoms with van der Waals surface area (Å²) >= 11 is 2.81. The molecule has 0 saturated carbocycles. The van der Waals surface area contributed by atoms with Crippen LogP contribution in [0.4, 0.5) is 11.5 Å². The average molecular weight is 483 g/mol. The van der Waals surface area contributed by atoms with E-state index in [-0.39, 0.29) is 11.5 Å². The molecule has 1 saturated heterocycles. The van der Waals surface area contributed by atoms with Crippen LogP contribution < -0.4 is 26.8 Å². The Morgan fingerprint density at radius 3 is 2.91 bits per heavy atom. The summed E-state index contributed by atoms with van der Waals surface area (Å²) in [5.74, 6) is 0.462. The lowest BCUT2D eigenvalue weighted by Crippen LogP contribution is -2.44. The summed E-state index contributed by atoms with van der Waals surface area (Å²) < 4.78 is 1.72. The van der Waals surface area contributed by atoms with Crippen molar-refractivity contribution in [2.24, 2.45) is 5.73 Å². The van der Waals surface area contributed by atoms with Crippen molar-refractivity contribution in [1.82, 2.24) is 24.9 Å². The molecule has 1 amide bonds. The van der Waals surface area contributed by atoms with Gasteiger partial charge in [-0.15, -0.1) is 11.3 Å². The summed E-state index contributed by atoms with van der Waals surface area (Å²) in [6.45, 7) is 3.28. The van der Waals surface area contributed by atoms with Gasteiger partial charge >= 0.3 is 0 Å². The minimum Gasteiger partial charge on any atom is -0.354 e. The number of carbonyl (C=O) groups excluding carboxylic acids is 1. The quantitative estimate of drug-likeness (QED) is 0.374. The van der Waals surface area contributed by atoms with Crippen molar-refractivity contribution in [1.29, 1.82) is 0 Å². The van der Waals surface area contributed by atoms with Crippen LogP contribution in [0.15, 0.2) is 46.0 Å². The van der Waals surface area contributed by atoms with E-state index in [0.717, 1.165) is 43.3 Å². The minimum absolute atomic E-state index is 0.280. The Hall–Kier alpha value is -3.19. The van der Waals surface area contributed by atoms with Crippen molar-refractivity contribution in [3.05, 3.63) is 57.3 Å². The van der Waals surface area contributed by atoms with Crippen LogP contribution in [0.1, 0.15) is 5.69 Å². The molecule has 1 aliphatic heterocycles. The molecule has 170 valence electrons. The van der Waals surface area contributed by atoms with Crippen LogP contribution in [0.2, 0.25) is 0 Å². The molecule has 4 aromatic rings. The predicted molar refractivity (Wildman–Crippen MR) is 130 cm³/mol. The monoisotopic (exact) mass is 482 g/mol. The highest BCUT2D eigenvalue weighted by Gasteiger charge is 2.19. The molecule has 0 aliphatic carbocycles. The maximum atomic E-state index is 12.6. The molecule has 0 unspecified atom stereocenters. The summed E-state index contributed by atoms with van der Waals surface area (Å²) in [4.78, 5) is 35.7. The van der Waals surface area contributed by atoms with Gasteiger partial charge in [0.2, 0.25) is 10.9 Å². The molecule has 4 N–H and O–H groups in total. The number of anilines is 2. The molecule has 0 spiro atoms. The minimum atomic E-state index is -0.699. The van der Waals surface area contributed by atoms with Gasteiger partial charge in [0.05, 0.1) is 17.2 Å². The molecule has 4 heterocycles. The highest BCUT2D eigenvalue weighted by Crippen LogP contribution is 2.28. The number of benzene rings is 1. The zero-order valence-electron chi connectivity index (χ0n) is 17.6. The Morgan fingerprint density at radius 2 is 2.12 bits per heavy atom. The van der Waals surface area contributed by atoms with E-state index in [9.17, 15) is 9.59 Å². The van der Waals surface area contributed by atoms with E-state index >= 15 is 0 Å². The van der Waals surface area contributed by atoms with E-state index < -0.39 is 6.04 Å². The zero-order chi connectivity index (χ0) is 22.8. The van der Waals surface area contributed by atoms with Crippen molar-refractivity contribution in [2.45, 2.75) is 12.5 Å². The molecule has 1 aliphatic rings. The number of nitrogens with zero attached hydrogens (tertiary/aromatic N) is 5. The third-order valence-electron chi connectivity index (χ3n) is 5.30. The number of fused-ring (bicyclic) bond motifs is 1. The summed E-state index contributed by atoms with van der Waals surface area (Å²) in [6.07, 6.45) is 0.377. The largest absolute Gasteiger partial charge is 0.354 e. The second-order valence-corrected chi connectivity index (χ2v) is 9.33. The summed E-state index contributed by atoms with van der Waals surface area (Å²) in [6, 6.07) is 8.23. The summed E-state index contributed by atoms with van der Waals surface area (Å²) in [5.41, 5.74) is 9.72. The van der Waals surface area contributed by atoms with Crippen molar-refractivity contribution in [3.8, 4) is 10.6 Å². The molecule has 1 aromatic carbocycles. The first-order valence-electron chi connectivity index (χ1n) is 10.5. The number of aromatic nitrogens is 4. The Kier molecular flexibility index (Phi) is 6.13. The summed E-state index contributed by atoms with van der Waals surface area (Å²) in [7, 11) is 0. The van der Waals surface area contributed by atoms with Crippen LogP contribution in [0.5, 0.6) is 0 Å². The van der Waals surface area contributed by atoms with Crippen LogP contribution in [-0.2, 0) is 11.2 Å². The number of hydrogen-bond donors (Lipinski definition) is 3. The second kappa shape index (κ2) is 9.35. The number of rotatable bonds is 6. The van der Waals surface area contributed by atoms with Crippen LogP contribution in [-0.4, -0.2) is 57.7 Å². The highest BCUT2D eigenvalue weighted by molar-refractivity contribution is 7.19. The molecule has 10 nitrogen and oxygen atoms in total. The first kappa shape index (κ1) is 21.6. The van der Waals surface area contributed by atoms with Crippen molar-refractivity contribution < 1.29 is 4.79 Å². The molecule has 0 radical (unpaired) electrons. The highest BCUT2D eigenvalue weighted by atomic mass is 32.1. The fraction of sp³-hybridized carbons (Fsp3) is 0.286. The van der Waals surface area contributed by atoms with Gasteiger partial charge in [-0.1, -0.05) is 23.5 Å². The number of amides is 1. The fourth-order valence-electron chi connectivity index (χ4n) is 3.66. The third-order valence-corrected chi connectivity index (χ3v) is 6.90. The summed E-state index contributed by atoms with van der Waals surface area (Å²) in [5, 5.41) is 13.5. The normalized spacial score (nSPS) is 15.0. The third kappa shape index (κ3) is 4.78. The van der Waals surface area contributed by atoms with Gasteiger partial charge < -0.3 is 21.3 Å². The van der Waals surface area contributed by atoms with Crippen LogP contribution in [0.3, 0.4) is 0 Å². The standard InChI is InChI=1S/C21H22N8O2S2/c22-16(9-15-11-32-12-24-15)19(31)25-14-3-1-2-13(8-14)20-27-29-18(28-6-4-23-5-7-28)10-17(30)26-21(29)33-20/h1-3,8,10-12,16,23H,4-7,9,22H2,(H,25,31)/t16-/m0/s1. The number of thiazole rings is 1. The Morgan fingerprint density at radius 1 is 1.27 bits per heavy atom. The van der Waals surface area contributed by atoms with Gasteiger partial charge in [-0.05, 0) is 12.1 Å². The molecular formula is C21H22N8O2S2. The smallest absolute Gasteiger partial charge is 0.276 e. The maximum absolute atomic E-state index is 12.6. The van der Waals surface area contributed by atoms with E-state index in [0.29, 0.717) is 22.1 Å². The van der Waals surface area contributed by atoms with Crippen LogP contribution >= 0.6 is 22.7 Å². The van der Waals surface area contributed by atoms with Crippen molar-refractivity contribution >= 4 is 45.0 Å². The number of carbonyl (C=O) groups is 1. The zero-order valence-corrected chi connectivity index (χ0v) is 19.2. The van der Waals surface area contributed by atoms with Crippen molar-refractivity contribution in [2.75, 3.05) is 36.4 Å². The van der Waals surface area contributed by atoms with Gasteiger partial charge in [0.25, 0.3) is 5.56 Å². The first-order chi connectivity index (χ1) is 16.1. The average Bonchev–Trinajstić information content (AvgIpc) is 3.49. The Labute approximate surface area is 197 Å². The second-order valence-electron chi connectivity index (χ2n) is 7.65. The maximum Gasteiger partial charge on any atom is 0.276 e. The number of piperazine rings is 1. The van der Waals surface area contributed by atoms with Gasteiger partial charge in [-0.3, -0.25) is 9.59 Å². The molecule has 1 fully saturated rings. The molecule has 5 rings (SSSR count). The number of nitrogens with one attached hydrogen (secondary N) is 2. The molecule has 3 aromatic heterocycles. The Balaban J connectivity index is 1.39. The lowest BCUT2D eigenvalue weighted by atomic mass is 10.1. The lowest BCUT2D eigenvalue weighted by Gasteiger charge is -2.28. The van der Waals surface area contributed by atoms with E-state index in [1.54, 1.807) is 16.1 Å². The number of nitrogens with two attached hydrogens (primary N) is 1. The van der Waals surface area contributed by atoms with Crippen molar-refractivity contribution in [3.63, 3.8) is 0 Å². The SMILES string of the molecule is N[C@@H](Cc1cscn1)C(=O)Nc1cccc(-c2nn3c(N4CCNCC4)cc(=O)nc3s2)c1. The van der Waals surface area contributed by atoms with E-state index in [1.165, 1.54) is 28.7 Å². The first-order valence-corrected chi connectivity index (χ1v) is 12.2. The van der Waals surface area contributed by atoms with Gasteiger partial charge in [-0.2, -0.15) is 14.6 Å². The Bertz CT molecular complexity index is 1330. The van der Waals surface area contributed by atoms with Gasteiger partial charge in [0.1, 0.15) is 10.8 Å². The van der Waals surface area contributed by atoms with E-state index in [1.807, 2.05) is 23.6 Å². The number of hydrogen-bond acceptors (Lipinski definition) is 10. The lowest BCUT2D eigenvalue weighted by molar-refractivity contribution is -0.117. The molecule has 12 heteroatoms. The fourth-order valence-corrected chi connectivity index (χ4v) is 5.13. The van der Waals surface area contributed by atoms with E-state index in [4.69, 9.17) is 10.8 Å². The molecular weight excluding hydrogens is 460 g/mol. The topological polar surface area (TPSA) is 131 Å². The van der Waals surface area contributed by atoms with Gasteiger partial charge in [0.15, 0.2) is 0 Å². The molecule has 1 atom stereocenters. The predicted octanol–water partition coefficient (Wildman–Crippen LogP) is 1.19. The van der Waals surface area contributed by atoms with Gasteiger partial charge in [0, 0.05) is 55.3 Å². The molecule has 0 bridgehead atoms. The van der Waals surface area contributed by atoms with Gasteiger partial charge in [-0.25, -0.2) is 4.98 Å². The van der Waals surface area contributed by atoms with Crippen LogP contribution in [0.25, 0.3) is 15.5 Å². The molecule has 33 heavy (non-hydrogen) atoms.